The monoisotopic (exact) mass is 202 g/mol. The Morgan fingerprint density at radius 2 is 2.27 bits per heavy atom. The number of nitrogens with zero attached hydrogens (tertiary/aromatic N) is 1. The van der Waals surface area contributed by atoms with E-state index in [9.17, 15) is 0 Å². The van der Waals surface area contributed by atoms with Crippen molar-refractivity contribution < 1.29 is 5.11 Å². The summed E-state index contributed by atoms with van der Waals surface area (Å²) in [6.07, 6.45) is 6.25. The Kier molecular flexibility index (Phi) is 2.56. The molecule has 1 heterocycles. The highest BCUT2D eigenvalue weighted by atomic mass is 16.3. The van der Waals surface area contributed by atoms with Gasteiger partial charge in [-0.25, -0.2) is 0 Å². The molecule has 2 rings (SSSR count). The second-order valence-corrected chi connectivity index (χ2v) is 3.66. The molecule has 0 saturated heterocycles. The van der Waals surface area contributed by atoms with Crippen LogP contribution >= 0.6 is 0 Å². The standard InChI is InChI=1S/C12H14N2O/c13-11-4-1-3-10(9-11)12(6-8-15)5-2-7-14-12/h1-5,7,9,15H,6,8,13H2. The lowest BCUT2D eigenvalue weighted by Gasteiger charge is -2.24. The van der Waals surface area contributed by atoms with Crippen molar-refractivity contribution in [3.63, 3.8) is 0 Å². The molecule has 0 aliphatic carbocycles. The summed E-state index contributed by atoms with van der Waals surface area (Å²) in [4.78, 5) is 4.42. The molecule has 1 atom stereocenters. The number of nitrogens with two attached hydrogens (primary N) is 1. The van der Waals surface area contributed by atoms with E-state index in [1.165, 1.54) is 0 Å². The highest BCUT2D eigenvalue weighted by molar-refractivity contribution is 5.76. The molecule has 1 aromatic rings. The summed E-state index contributed by atoms with van der Waals surface area (Å²) in [6, 6.07) is 7.64. The zero-order chi connectivity index (χ0) is 10.7. The second-order valence-electron chi connectivity index (χ2n) is 3.66. The van der Waals surface area contributed by atoms with E-state index in [0.29, 0.717) is 6.42 Å². The first-order valence-electron chi connectivity index (χ1n) is 4.97. The number of aliphatic imine (C=N–C) groups is 1. The van der Waals surface area contributed by atoms with Crippen LogP contribution in [0.2, 0.25) is 0 Å². The van der Waals surface area contributed by atoms with Gasteiger partial charge in [0.15, 0.2) is 0 Å². The second kappa shape index (κ2) is 3.87. The Labute approximate surface area is 89.0 Å². The lowest BCUT2D eigenvalue weighted by Crippen LogP contribution is -2.20. The summed E-state index contributed by atoms with van der Waals surface area (Å²) in [5.74, 6) is 0. The van der Waals surface area contributed by atoms with Crippen LogP contribution in [0.4, 0.5) is 5.69 Å². The van der Waals surface area contributed by atoms with Crippen molar-refractivity contribution in [3.8, 4) is 0 Å². The molecular weight excluding hydrogens is 188 g/mol. The molecule has 0 spiro atoms. The maximum atomic E-state index is 9.08. The highest BCUT2D eigenvalue weighted by Crippen LogP contribution is 2.34. The van der Waals surface area contributed by atoms with Gasteiger partial charge in [0.2, 0.25) is 0 Å². The number of hydrogen-bond donors (Lipinski definition) is 2. The van der Waals surface area contributed by atoms with E-state index in [1.54, 1.807) is 6.21 Å². The fourth-order valence-corrected chi connectivity index (χ4v) is 1.86. The average molecular weight is 202 g/mol. The van der Waals surface area contributed by atoms with Crippen LogP contribution in [0.1, 0.15) is 12.0 Å². The van der Waals surface area contributed by atoms with Crippen molar-refractivity contribution in [1.29, 1.82) is 0 Å². The molecule has 3 N–H and O–H groups in total. The maximum absolute atomic E-state index is 9.08. The van der Waals surface area contributed by atoms with Crippen molar-refractivity contribution in [2.45, 2.75) is 12.0 Å². The molecule has 0 fully saturated rings. The van der Waals surface area contributed by atoms with Crippen molar-refractivity contribution in [3.05, 3.63) is 42.0 Å². The maximum Gasteiger partial charge on any atom is 0.106 e. The van der Waals surface area contributed by atoms with Crippen molar-refractivity contribution in [1.82, 2.24) is 0 Å². The van der Waals surface area contributed by atoms with Gasteiger partial charge in [-0.2, -0.15) is 0 Å². The van der Waals surface area contributed by atoms with E-state index in [4.69, 9.17) is 10.8 Å². The molecule has 0 aromatic heterocycles. The number of hydrogen-bond acceptors (Lipinski definition) is 3. The fourth-order valence-electron chi connectivity index (χ4n) is 1.86. The van der Waals surface area contributed by atoms with Gasteiger partial charge in [-0.05, 0) is 23.8 Å². The normalized spacial score (nSPS) is 23.5. The molecule has 3 heteroatoms. The predicted molar refractivity (Wildman–Crippen MR) is 61.9 cm³/mol. The van der Waals surface area contributed by atoms with Gasteiger partial charge in [0.05, 0.1) is 0 Å². The Bertz CT molecular complexity index is 398. The van der Waals surface area contributed by atoms with Gasteiger partial charge in [0.25, 0.3) is 0 Å². The molecule has 15 heavy (non-hydrogen) atoms. The number of rotatable bonds is 3. The molecule has 1 aliphatic rings. The third-order valence-electron chi connectivity index (χ3n) is 2.64. The molecule has 1 unspecified atom stereocenters. The van der Waals surface area contributed by atoms with Crippen LogP contribution in [0.15, 0.2) is 41.4 Å². The molecule has 0 amide bonds. The first-order chi connectivity index (χ1) is 7.27. The molecular formula is C12H14N2O. The Morgan fingerprint density at radius 1 is 1.40 bits per heavy atom. The Balaban J connectivity index is 2.41. The summed E-state index contributed by atoms with van der Waals surface area (Å²) >= 11 is 0. The van der Waals surface area contributed by atoms with Crippen LogP contribution in [0, 0.1) is 0 Å². The lowest BCUT2D eigenvalue weighted by atomic mass is 9.88. The zero-order valence-corrected chi connectivity index (χ0v) is 8.43. The van der Waals surface area contributed by atoms with Crippen LogP contribution in [0.25, 0.3) is 0 Å². The van der Waals surface area contributed by atoms with Crippen molar-refractivity contribution in [2.24, 2.45) is 4.99 Å². The summed E-state index contributed by atoms with van der Waals surface area (Å²) < 4.78 is 0. The molecule has 0 bridgehead atoms. The zero-order valence-electron chi connectivity index (χ0n) is 8.43. The third-order valence-corrected chi connectivity index (χ3v) is 2.64. The van der Waals surface area contributed by atoms with Crippen LogP contribution in [0.3, 0.4) is 0 Å². The van der Waals surface area contributed by atoms with Crippen LogP contribution in [-0.2, 0) is 5.54 Å². The minimum Gasteiger partial charge on any atom is -0.399 e. The van der Waals surface area contributed by atoms with Crippen molar-refractivity contribution in [2.75, 3.05) is 12.3 Å². The number of benzene rings is 1. The molecule has 3 nitrogen and oxygen atoms in total. The van der Waals surface area contributed by atoms with Crippen LogP contribution in [-0.4, -0.2) is 17.9 Å². The number of anilines is 1. The van der Waals surface area contributed by atoms with Crippen LogP contribution in [0.5, 0.6) is 0 Å². The molecule has 1 aromatic carbocycles. The van der Waals surface area contributed by atoms with Gasteiger partial charge >= 0.3 is 0 Å². The van der Waals surface area contributed by atoms with Gasteiger partial charge in [0, 0.05) is 24.9 Å². The molecule has 78 valence electrons. The molecule has 0 saturated carbocycles. The smallest absolute Gasteiger partial charge is 0.106 e. The van der Waals surface area contributed by atoms with E-state index in [1.807, 2.05) is 36.4 Å². The first-order valence-corrected chi connectivity index (χ1v) is 4.97. The number of nitrogen functional groups attached to an aromatic ring is 1. The van der Waals surface area contributed by atoms with Crippen LogP contribution < -0.4 is 5.73 Å². The first kappa shape index (κ1) is 9.93. The Hall–Kier alpha value is -1.61. The minimum atomic E-state index is -0.413. The van der Waals surface area contributed by atoms with E-state index in [2.05, 4.69) is 4.99 Å². The Morgan fingerprint density at radius 3 is 2.87 bits per heavy atom. The lowest BCUT2D eigenvalue weighted by molar-refractivity contribution is 0.260. The van der Waals surface area contributed by atoms with Gasteiger partial charge in [0.1, 0.15) is 5.54 Å². The topological polar surface area (TPSA) is 58.6 Å². The summed E-state index contributed by atoms with van der Waals surface area (Å²) in [7, 11) is 0. The SMILES string of the molecule is Nc1cccc(C2(CCO)C=CC=N2)c1. The molecule has 0 radical (unpaired) electrons. The third kappa shape index (κ3) is 1.78. The largest absolute Gasteiger partial charge is 0.399 e. The summed E-state index contributed by atoms with van der Waals surface area (Å²) in [6.45, 7) is 0.108. The quantitative estimate of drug-likeness (QED) is 0.729. The minimum absolute atomic E-state index is 0.108. The fraction of sp³-hybridized carbons (Fsp3) is 0.250. The number of allylic oxidation sites excluding steroid dienone is 1. The number of aliphatic hydroxyl groups is 1. The highest BCUT2D eigenvalue weighted by Gasteiger charge is 2.29. The van der Waals surface area contributed by atoms with Crippen molar-refractivity contribution >= 4 is 11.9 Å². The molecule has 1 aliphatic heterocycles. The average Bonchev–Trinajstić information content (AvgIpc) is 2.68. The summed E-state index contributed by atoms with van der Waals surface area (Å²) in [5.41, 5.74) is 7.08. The van der Waals surface area contributed by atoms with E-state index < -0.39 is 5.54 Å². The van der Waals surface area contributed by atoms with Gasteiger partial charge in [-0.3, -0.25) is 4.99 Å². The van der Waals surface area contributed by atoms with E-state index in [-0.39, 0.29) is 6.61 Å². The van der Waals surface area contributed by atoms with Gasteiger partial charge in [-0.1, -0.05) is 18.2 Å². The predicted octanol–water partition coefficient (Wildman–Crippen LogP) is 1.49. The van der Waals surface area contributed by atoms with Gasteiger partial charge < -0.3 is 10.8 Å². The summed E-state index contributed by atoms with van der Waals surface area (Å²) in [5, 5.41) is 9.08. The van der Waals surface area contributed by atoms with E-state index >= 15 is 0 Å². The van der Waals surface area contributed by atoms with Gasteiger partial charge in [-0.15, -0.1) is 0 Å². The number of aliphatic hydroxyl groups excluding tert-OH is 1. The van der Waals surface area contributed by atoms with E-state index in [0.717, 1.165) is 11.3 Å².